The molecule has 1 aliphatic heterocycles. The molecule has 1 aromatic carbocycles. The lowest BCUT2D eigenvalue weighted by Gasteiger charge is -2.32. The number of esters is 1. The van der Waals surface area contributed by atoms with Gasteiger partial charge < -0.3 is 4.74 Å². The zero-order chi connectivity index (χ0) is 22.9. The second kappa shape index (κ2) is 9.17. The van der Waals surface area contributed by atoms with Gasteiger partial charge in [-0.3, -0.25) is 13.9 Å². The van der Waals surface area contributed by atoms with Gasteiger partial charge in [0.25, 0.3) is 5.91 Å². The molecule has 0 aromatic heterocycles. The third kappa shape index (κ3) is 5.29. The lowest BCUT2D eigenvalue weighted by molar-refractivity contribution is -0.143. The highest BCUT2D eigenvalue weighted by Gasteiger charge is 2.49. The van der Waals surface area contributed by atoms with E-state index in [2.05, 4.69) is 26.0 Å². The Morgan fingerprint density at radius 3 is 2.20 bits per heavy atom. The summed E-state index contributed by atoms with van der Waals surface area (Å²) in [6.07, 6.45) is 2.39. The minimum absolute atomic E-state index is 0.0743. The molecule has 1 heterocycles. The molecule has 0 aliphatic carbocycles. The van der Waals surface area contributed by atoms with Crippen LogP contribution in [0.3, 0.4) is 0 Å². The van der Waals surface area contributed by atoms with Crippen LogP contribution in [0.15, 0.2) is 17.9 Å². The lowest BCUT2D eigenvalue weighted by Crippen LogP contribution is -2.40. The molecule has 0 fully saturated rings. The Hall–Kier alpha value is -1.75. The Morgan fingerprint density at radius 2 is 1.70 bits per heavy atom. The predicted octanol–water partition coefficient (Wildman–Crippen LogP) is 6.37. The molecule has 5 heteroatoms. The molecule has 0 saturated heterocycles. The van der Waals surface area contributed by atoms with Gasteiger partial charge >= 0.3 is 5.97 Å². The van der Waals surface area contributed by atoms with Gasteiger partial charge in [-0.05, 0) is 75.1 Å². The zero-order valence-electron chi connectivity index (χ0n) is 20.1. The summed E-state index contributed by atoms with van der Waals surface area (Å²) < 4.78 is 7.78. The maximum Gasteiger partial charge on any atom is 0.311 e. The molecule has 166 valence electrons. The van der Waals surface area contributed by atoms with Crippen molar-refractivity contribution in [2.75, 3.05) is 5.75 Å². The van der Waals surface area contributed by atoms with Crippen molar-refractivity contribution in [1.82, 2.24) is 4.31 Å². The Labute approximate surface area is 186 Å². The summed E-state index contributed by atoms with van der Waals surface area (Å²) in [7, 11) is 0. The first-order valence-corrected chi connectivity index (χ1v) is 11.7. The predicted molar refractivity (Wildman–Crippen MR) is 126 cm³/mol. The van der Waals surface area contributed by atoms with Crippen LogP contribution in [0.1, 0.15) is 83.1 Å². The zero-order valence-corrected chi connectivity index (χ0v) is 20.9. The van der Waals surface area contributed by atoms with E-state index in [1.165, 1.54) is 11.9 Å². The topological polar surface area (TPSA) is 46.6 Å². The van der Waals surface area contributed by atoms with Crippen molar-refractivity contribution in [3.63, 3.8) is 0 Å². The van der Waals surface area contributed by atoms with E-state index in [1.54, 1.807) is 4.31 Å². The van der Waals surface area contributed by atoms with Gasteiger partial charge in [0.2, 0.25) is 0 Å². The summed E-state index contributed by atoms with van der Waals surface area (Å²) >= 11 is 1.53. The Balaban J connectivity index is 2.59. The van der Waals surface area contributed by atoms with Crippen molar-refractivity contribution in [2.45, 2.75) is 87.1 Å². The first-order chi connectivity index (χ1) is 13.8. The highest BCUT2D eigenvalue weighted by Crippen LogP contribution is 2.46. The molecule has 4 nitrogen and oxygen atoms in total. The van der Waals surface area contributed by atoms with Gasteiger partial charge in [-0.15, -0.1) is 0 Å². The Kier molecular flexibility index (Phi) is 7.49. The van der Waals surface area contributed by atoms with E-state index >= 15 is 0 Å². The van der Waals surface area contributed by atoms with E-state index in [9.17, 15) is 9.59 Å². The van der Waals surface area contributed by atoms with Crippen molar-refractivity contribution in [3.8, 4) is 0 Å². The molecule has 0 bridgehead atoms. The summed E-state index contributed by atoms with van der Waals surface area (Å²) in [5.74, 6) is 0.961. The first-order valence-electron chi connectivity index (χ1n) is 10.8. The van der Waals surface area contributed by atoms with Crippen LogP contribution in [0.5, 0.6) is 0 Å². The van der Waals surface area contributed by atoms with Crippen LogP contribution in [0.25, 0.3) is 5.57 Å². The average molecular weight is 432 g/mol. The van der Waals surface area contributed by atoms with E-state index in [4.69, 9.17) is 4.74 Å². The number of benzene rings is 1. The highest BCUT2D eigenvalue weighted by molar-refractivity contribution is 7.97. The standard InChI is InChI=1S/C25H37NO3S/c1-10-11-12-30-26-23(28)21(20-17(3)13-16(2)14-18(20)4)22(25(26,8)9)29-19(27)15-24(5,6)7/h13-14H,10-12,15H2,1-9H3. The van der Waals surface area contributed by atoms with E-state index in [-0.39, 0.29) is 17.3 Å². The quantitative estimate of drug-likeness (QED) is 0.286. The van der Waals surface area contributed by atoms with E-state index in [0.29, 0.717) is 17.8 Å². The molecule has 0 atom stereocenters. The fraction of sp³-hybridized carbons (Fsp3) is 0.600. The summed E-state index contributed by atoms with van der Waals surface area (Å²) in [6.45, 7) is 18.2. The van der Waals surface area contributed by atoms with Crippen LogP contribution in [-0.2, 0) is 14.3 Å². The number of aryl methyl sites for hydroxylation is 3. The minimum Gasteiger partial charge on any atom is -0.428 e. The second-order valence-corrected chi connectivity index (χ2v) is 11.1. The molecule has 0 unspecified atom stereocenters. The SMILES string of the molecule is CCCCSN1C(=O)C(c2c(C)cc(C)cc2C)=C(OC(=O)CC(C)(C)C)C1(C)C. The van der Waals surface area contributed by atoms with E-state index in [1.807, 2.05) is 48.5 Å². The summed E-state index contributed by atoms with van der Waals surface area (Å²) in [5, 5.41) is 0. The number of unbranched alkanes of at least 4 members (excludes halogenated alkanes) is 1. The number of hydrogen-bond acceptors (Lipinski definition) is 4. The summed E-state index contributed by atoms with van der Waals surface area (Å²) in [6, 6.07) is 4.16. The molecule has 1 aromatic rings. The van der Waals surface area contributed by atoms with Crippen molar-refractivity contribution < 1.29 is 14.3 Å². The normalized spacial score (nSPS) is 16.4. The number of nitrogens with zero attached hydrogens (tertiary/aromatic N) is 1. The number of hydrogen-bond donors (Lipinski definition) is 0. The Morgan fingerprint density at radius 1 is 1.13 bits per heavy atom. The van der Waals surface area contributed by atoms with Crippen LogP contribution >= 0.6 is 11.9 Å². The summed E-state index contributed by atoms with van der Waals surface area (Å²) in [4.78, 5) is 26.4. The molecule has 1 amide bonds. The second-order valence-electron chi connectivity index (χ2n) is 10.0. The number of rotatable bonds is 7. The van der Waals surface area contributed by atoms with Gasteiger partial charge in [-0.1, -0.05) is 51.8 Å². The number of carbonyl (C=O) groups excluding carboxylic acids is 2. The van der Waals surface area contributed by atoms with Crippen LogP contribution in [-0.4, -0.2) is 27.5 Å². The van der Waals surface area contributed by atoms with Crippen LogP contribution in [0.4, 0.5) is 0 Å². The fourth-order valence-corrected chi connectivity index (χ4v) is 5.14. The maximum absolute atomic E-state index is 13.6. The Bertz CT molecular complexity index is 839. The van der Waals surface area contributed by atoms with E-state index in [0.717, 1.165) is 40.8 Å². The molecule has 30 heavy (non-hydrogen) atoms. The molecule has 0 radical (unpaired) electrons. The smallest absolute Gasteiger partial charge is 0.311 e. The van der Waals surface area contributed by atoms with Gasteiger partial charge in [-0.25, -0.2) is 0 Å². The van der Waals surface area contributed by atoms with Crippen LogP contribution < -0.4 is 0 Å². The minimum atomic E-state index is -0.706. The fourth-order valence-electron chi connectivity index (χ4n) is 3.92. The van der Waals surface area contributed by atoms with Gasteiger partial charge in [0.05, 0.1) is 12.0 Å². The third-order valence-corrected chi connectivity index (χ3v) is 6.58. The highest BCUT2D eigenvalue weighted by atomic mass is 32.2. The molecular formula is C25H37NO3S. The first kappa shape index (κ1) is 24.5. The molecule has 0 spiro atoms. The number of amides is 1. The van der Waals surface area contributed by atoms with E-state index < -0.39 is 5.54 Å². The van der Waals surface area contributed by atoms with Crippen molar-refractivity contribution in [2.24, 2.45) is 5.41 Å². The molecular weight excluding hydrogens is 394 g/mol. The maximum atomic E-state index is 13.6. The van der Waals surface area contributed by atoms with Crippen molar-refractivity contribution in [1.29, 1.82) is 0 Å². The number of carbonyl (C=O) groups is 2. The van der Waals surface area contributed by atoms with Crippen molar-refractivity contribution >= 4 is 29.4 Å². The van der Waals surface area contributed by atoms with Crippen LogP contribution in [0, 0.1) is 26.2 Å². The molecule has 0 saturated carbocycles. The number of ether oxygens (including phenoxy) is 1. The van der Waals surface area contributed by atoms with Gasteiger partial charge in [0.15, 0.2) is 0 Å². The average Bonchev–Trinajstić information content (AvgIpc) is 2.74. The van der Waals surface area contributed by atoms with Crippen LogP contribution in [0.2, 0.25) is 0 Å². The largest absolute Gasteiger partial charge is 0.428 e. The molecule has 0 N–H and O–H groups in total. The van der Waals surface area contributed by atoms with Gasteiger partial charge in [0, 0.05) is 5.75 Å². The summed E-state index contributed by atoms with van der Waals surface area (Å²) in [5.41, 5.74) is 3.72. The third-order valence-electron chi connectivity index (χ3n) is 5.22. The van der Waals surface area contributed by atoms with Crippen molar-refractivity contribution in [3.05, 3.63) is 40.1 Å². The lowest BCUT2D eigenvalue weighted by atomic mass is 9.91. The monoisotopic (exact) mass is 431 g/mol. The molecule has 1 aliphatic rings. The van der Waals surface area contributed by atoms with Gasteiger partial charge in [-0.2, -0.15) is 0 Å². The van der Waals surface area contributed by atoms with Gasteiger partial charge in [0.1, 0.15) is 11.3 Å². The molecule has 2 rings (SSSR count).